The quantitative estimate of drug-likeness (QED) is 0.840. The molecule has 0 atom stereocenters. The summed E-state index contributed by atoms with van der Waals surface area (Å²) < 4.78 is 5.63. The summed E-state index contributed by atoms with van der Waals surface area (Å²) in [4.78, 5) is 0. The van der Waals surface area contributed by atoms with Gasteiger partial charge in [0.15, 0.2) is 0 Å². The van der Waals surface area contributed by atoms with Gasteiger partial charge in [-0.25, -0.2) is 0 Å². The molecule has 2 nitrogen and oxygen atoms in total. The highest BCUT2D eigenvalue weighted by molar-refractivity contribution is 5.50. The van der Waals surface area contributed by atoms with Crippen molar-refractivity contribution in [1.82, 2.24) is 0 Å². The third-order valence-electron chi connectivity index (χ3n) is 2.66. The highest BCUT2D eigenvalue weighted by Crippen LogP contribution is 2.15. The van der Waals surface area contributed by atoms with Crippen LogP contribution in [0.15, 0.2) is 40.8 Å². The molecule has 1 aromatic carbocycles. The van der Waals surface area contributed by atoms with Crippen molar-refractivity contribution in [1.29, 1.82) is 0 Å². The molecule has 0 saturated carbocycles. The molecule has 0 aliphatic rings. The smallest absolute Gasteiger partial charge is 0.123 e. The van der Waals surface area contributed by atoms with E-state index >= 15 is 0 Å². The second kappa shape index (κ2) is 4.88. The lowest BCUT2D eigenvalue weighted by Crippen LogP contribution is -1.99. The molecule has 0 radical (unpaired) electrons. The second-order valence-corrected chi connectivity index (χ2v) is 3.89. The fourth-order valence-corrected chi connectivity index (χ4v) is 1.66. The third-order valence-corrected chi connectivity index (χ3v) is 2.66. The van der Waals surface area contributed by atoms with Gasteiger partial charge in [-0.2, -0.15) is 0 Å². The molecule has 1 N–H and O–H groups in total. The van der Waals surface area contributed by atoms with Crippen LogP contribution < -0.4 is 5.32 Å². The average molecular weight is 215 g/mol. The van der Waals surface area contributed by atoms with Gasteiger partial charge in [-0.05, 0) is 30.7 Å². The van der Waals surface area contributed by atoms with E-state index in [1.807, 2.05) is 24.3 Å². The fraction of sp³-hybridized carbons (Fsp3) is 0.286. The van der Waals surface area contributed by atoms with Crippen molar-refractivity contribution in [2.45, 2.75) is 26.8 Å². The molecule has 0 saturated heterocycles. The average Bonchev–Trinajstić information content (AvgIpc) is 2.76. The van der Waals surface area contributed by atoms with E-state index in [1.165, 1.54) is 5.56 Å². The standard InChI is InChI=1S/C14H17NO/c1-3-12-8-9-13(16-12)10-15-14-7-5-4-6-11(14)2/h4-9,15H,3,10H2,1-2H3. The lowest BCUT2D eigenvalue weighted by molar-refractivity contribution is 0.476. The Labute approximate surface area is 96.3 Å². The van der Waals surface area contributed by atoms with Crippen LogP contribution in [-0.2, 0) is 13.0 Å². The van der Waals surface area contributed by atoms with E-state index in [0.29, 0.717) is 0 Å². The van der Waals surface area contributed by atoms with Gasteiger partial charge in [0.25, 0.3) is 0 Å². The first kappa shape index (κ1) is 10.8. The van der Waals surface area contributed by atoms with Crippen molar-refractivity contribution in [2.75, 3.05) is 5.32 Å². The predicted molar refractivity (Wildman–Crippen MR) is 66.6 cm³/mol. The summed E-state index contributed by atoms with van der Waals surface area (Å²) in [6, 6.07) is 12.3. The van der Waals surface area contributed by atoms with Gasteiger partial charge >= 0.3 is 0 Å². The highest BCUT2D eigenvalue weighted by Gasteiger charge is 2.01. The fourth-order valence-electron chi connectivity index (χ4n) is 1.66. The first-order valence-corrected chi connectivity index (χ1v) is 5.66. The normalized spacial score (nSPS) is 10.4. The molecule has 2 heteroatoms. The SMILES string of the molecule is CCc1ccc(CNc2ccccc2C)o1. The van der Waals surface area contributed by atoms with Gasteiger partial charge in [-0.3, -0.25) is 0 Å². The Hall–Kier alpha value is -1.70. The number of para-hydroxylation sites is 1. The molecule has 2 aromatic rings. The Morgan fingerprint density at radius 1 is 1.06 bits per heavy atom. The molecular weight excluding hydrogens is 198 g/mol. The van der Waals surface area contributed by atoms with Gasteiger partial charge in [-0.1, -0.05) is 25.1 Å². The number of furan rings is 1. The van der Waals surface area contributed by atoms with E-state index in [2.05, 4.69) is 31.3 Å². The van der Waals surface area contributed by atoms with Crippen LogP contribution in [0.2, 0.25) is 0 Å². The maximum Gasteiger partial charge on any atom is 0.123 e. The van der Waals surface area contributed by atoms with Crippen LogP contribution in [0.4, 0.5) is 5.69 Å². The zero-order chi connectivity index (χ0) is 11.4. The van der Waals surface area contributed by atoms with Crippen molar-refractivity contribution < 1.29 is 4.42 Å². The monoisotopic (exact) mass is 215 g/mol. The van der Waals surface area contributed by atoms with Crippen LogP contribution in [-0.4, -0.2) is 0 Å². The number of rotatable bonds is 4. The molecular formula is C14H17NO. The van der Waals surface area contributed by atoms with Crippen LogP contribution in [0, 0.1) is 6.92 Å². The Kier molecular flexibility index (Phi) is 3.30. The van der Waals surface area contributed by atoms with E-state index < -0.39 is 0 Å². The van der Waals surface area contributed by atoms with Crippen LogP contribution in [0.5, 0.6) is 0 Å². The van der Waals surface area contributed by atoms with E-state index in [-0.39, 0.29) is 0 Å². The second-order valence-electron chi connectivity index (χ2n) is 3.89. The van der Waals surface area contributed by atoms with Crippen molar-refractivity contribution in [3.63, 3.8) is 0 Å². The molecule has 0 amide bonds. The minimum Gasteiger partial charge on any atom is -0.464 e. The van der Waals surface area contributed by atoms with E-state index in [4.69, 9.17) is 4.42 Å². The summed E-state index contributed by atoms with van der Waals surface area (Å²) in [6.07, 6.45) is 0.949. The van der Waals surface area contributed by atoms with Crippen molar-refractivity contribution in [3.05, 3.63) is 53.5 Å². The Bertz CT molecular complexity index is 459. The van der Waals surface area contributed by atoms with Crippen molar-refractivity contribution in [2.24, 2.45) is 0 Å². The lowest BCUT2D eigenvalue weighted by atomic mass is 10.2. The first-order chi connectivity index (χ1) is 7.79. The number of anilines is 1. The van der Waals surface area contributed by atoms with Crippen LogP contribution >= 0.6 is 0 Å². The summed E-state index contributed by atoms with van der Waals surface area (Å²) >= 11 is 0. The molecule has 0 fully saturated rings. The highest BCUT2D eigenvalue weighted by atomic mass is 16.3. The minimum absolute atomic E-state index is 0.741. The molecule has 0 aliphatic carbocycles. The molecule has 0 unspecified atom stereocenters. The maximum atomic E-state index is 5.63. The molecule has 0 aliphatic heterocycles. The predicted octanol–water partition coefficient (Wildman–Crippen LogP) is 3.76. The molecule has 0 bridgehead atoms. The Balaban J connectivity index is 1.99. The van der Waals surface area contributed by atoms with Crippen LogP contribution in [0.25, 0.3) is 0 Å². The number of hydrogen-bond acceptors (Lipinski definition) is 2. The first-order valence-electron chi connectivity index (χ1n) is 5.66. The molecule has 84 valence electrons. The minimum atomic E-state index is 0.741. The van der Waals surface area contributed by atoms with E-state index in [1.54, 1.807) is 0 Å². The van der Waals surface area contributed by atoms with E-state index in [0.717, 1.165) is 30.2 Å². The van der Waals surface area contributed by atoms with Gasteiger partial charge < -0.3 is 9.73 Å². The zero-order valence-electron chi connectivity index (χ0n) is 9.79. The largest absolute Gasteiger partial charge is 0.464 e. The molecule has 2 rings (SSSR count). The van der Waals surface area contributed by atoms with Crippen molar-refractivity contribution in [3.8, 4) is 0 Å². The van der Waals surface area contributed by atoms with Gasteiger partial charge in [0, 0.05) is 12.1 Å². The number of hydrogen-bond donors (Lipinski definition) is 1. The molecule has 1 heterocycles. The Morgan fingerprint density at radius 3 is 2.50 bits per heavy atom. The van der Waals surface area contributed by atoms with Gasteiger partial charge in [0.1, 0.15) is 11.5 Å². The number of nitrogens with one attached hydrogen (secondary N) is 1. The zero-order valence-corrected chi connectivity index (χ0v) is 9.79. The lowest BCUT2D eigenvalue weighted by Gasteiger charge is -2.07. The van der Waals surface area contributed by atoms with Gasteiger partial charge in [0.05, 0.1) is 6.54 Å². The Morgan fingerprint density at radius 2 is 1.81 bits per heavy atom. The van der Waals surface area contributed by atoms with Crippen LogP contribution in [0.3, 0.4) is 0 Å². The third kappa shape index (κ3) is 2.45. The number of aryl methyl sites for hydroxylation is 2. The van der Waals surface area contributed by atoms with Gasteiger partial charge in [0.2, 0.25) is 0 Å². The summed E-state index contributed by atoms with van der Waals surface area (Å²) in [5.74, 6) is 2.03. The summed E-state index contributed by atoms with van der Waals surface area (Å²) in [7, 11) is 0. The maximum absolute atomic E-state index is 5.63. The number of benzene rings is 1. The van der Waals surface area contributed by atoms with Gasteiger partial charge in [-0.15, -0.1) is 0 Å². The molecule has 0 spiro atoms. The van der Waals surface area contributed by atoms with Crippen molar-refractivity contribution >= 4 is 5.69 Å². The molecule has 1 aromatic heterocycles. The summed E-state index contributed by atoms with van der Waals surface area (Å²) in [5.41, 5.74) is 2.42. The van der Waals surface area contributed by atoms with E-state index in [9.17, 15) is 0 Å². The summed E-state index contributed by atoms with van der Waals surface area (Å²) in [5, 5.41) is 3.37. The van der Waals surface area contributed by atoms with Crippen LogP contribution in [0.1, 0.15) is 24.0 Å². The summed E-state index contributed by atoms with van der Waals surface area (Å²) in [6.45, 7) is 4.93. The molecule has 16 heavy (non-hydrogen) atoms. The topological polar surface area (TPSA) is 25.2 Å².